The highest BCUT2D eigenvalue weighted by molar-refractivity contribution is 7.89. The van der Waals surface area contributed by atoms with Gasteiger partial charge in [-0.3, -0.25) is 9.59 Å². The number of rotatable bonds is 4. The second-order valence-electron chi connectivity index (χ2n) is 11.2. The molecule has 0 spiro atoms. The lowest BCUT2D eigenvalue weighted by atomic mass is 9.89. The second kappa shape index (κ2) is 8.94. The van der Waals surface area contributed by atoms with Crippen LogP contribution in [0.3, 0.4) is 0 Å². The molecule has 4 aliphatic rings. The van der Waals surface area contributed by atoms with Crippen molar-refractivity contribution in [3.05, 3.63) is 23.8 Å². The lowest BCUT2D eigenvalue weighted by Gasteiger charge is -2.39. The molecular formula is C26H37N3O4S. The molecule has 3 heterocycles. The van der Waals surface area contributed by atoms with Crippen LogP contribution in [0.15, 0.2) is 23.1 Å². The van der Waals surface area contributed by atoms with E-state index in [9.17, 15) is 18.0 Å². The summed E-state index contributed by atoms with van der Waals surface area (Å²) < 4.78 is 28.4. The highest BCUT2D eigenvalue weighted by Gasteiger charge is 2.40. The van der Waals surface area contributed by atoms with Crippen LogP contribution in [0.1, 0.15) is 58.4 Å². The van der Waals surface area contributed by atoms with Gasteiger partial charge in [-0.1, -0.05) is 13.8 Å². The number of sulfonamides is 1. The summed E-state index contributed by atoms with van der Waals surface area (Å²) in [5, 5.41) is 0. The third-order valence-corrected chi connectivity index (χ3v) is 9.95. The fraction of sp³-hybridized carbons (Fsp3) is 0.692. The van der Waals surface area contributed by atoms with Gasteiger partial charge in [0.1, 0.15) is 0 Å². The van der Waals surface area contributed by atoms with Gasteiger partial charge in [0.15, 0.2) is 0 Å². The maximum atomic E-state index is 13.4. The van der Waals surface area contributed by atoms with Gasteiger partial charge in [-0.05, 0) is 81.0 Å². The lowest BCUT2D eigenvalue weighted by Crippen LogP contribution is -2.48. The van der Waals surface area contributed by atoms with E-state index in [0.717, 1.165) is 43.6 Å². The van der Waals surface area contributed by atoms with Crippen LogP contribution in [-0.2, 0) is 26.0 Å². The number of amides is 2. The molecule has 1 aromatic carbocycles. The zero-order chi connectivity index (χ0) is 24.2. The predicted octanol–water partition coefficient (Wildman–Crippen LogP) is 3.28. The van der Waals surface area contributed by atoms with Gasteiger partial charge in [0.2, 0.25) is 21.8 Å². The molecule has 1 aliphatic carbocycles. The minimum atomic E-state index is -3.63. The molecule has 186 valence electrons. The van der Waals surface area contributed by atoms with E-state index >= 15 is 0 Å². The molecule has 0 N–H and O–H groups in total. The van der Waals surface area contributed by atoms with Crippen molar-refractivity contribution in [2.75, 3.05) is 31.1 Å². The zero-order valence-corrected chi connectivity index (χ0v) is 21.4. The summed E-state index contributed by atoms with van der Waals surface area (Å²) in [4.78, 5) is 30.0. The van der Waals surface area contributed by atoms with Crippen molar-refractivity contribution in [1.82, 2.24) is 9.21 Å². The Kier molecular flexibility index (Phi) is 6.25. The molecule has 5 rings (SSSR count). The first-order valence-corrected chi connectivity index (χ1v) is 14.3. The SMILES string of the molecule is C[C@@H]1C[C@@H](C)CN(C(=O)C2CCN(S(=O)(=O)c3ccc4c(c3)C[C@H](C)N4C(=O)C3CC3)CC2)C1. The summed E-state index contributed by atoms with van der Waals surface area (Å²) in [7, 11) is -3.63. The minimum absolute atomic E-state index is 0.0584. The van der Waals surface area contributed by atoms with Crippen LogP contribution in [-0.4, -0.2) is 61.7 Å². The van der Waals surface area contributed by atoms with Crippen LogP contribution in [0.25, 0.3) is 0 Å². The van der Waals surface area contributed by atoms with E-state index in [1.54, 1.807) is 18.2 Å². The first-order valence-electron chi connectivity index (χ1n) is 12.9. The van der Waals surface area contributed by atoms with Crippen molar-refractivity contribution in [2.24, 2.45) is 23.7 Å². The molecule has 0 bridgehead atoms. The predicted molar refractivity (Wildman–Crippen MR) is 131 cm³/mol. The van der Waals surface area contributed by atoms with Gasteiger partial charge >= 0.3 is 0 Å². The van der Waals surface area contributed by atoms with Gasteiger partial charge in [0.25, 0.3) is 0 Å². The van der Waals surface area contributed by atoms with E-state index in [1.807, 2.05) is 16.7 Å². The molecule has 2 amide bonds. The van der Waals surface area contributed by atoms with Gasteiger partial charge in [-0.2, -0.15) is 4.31 Å². The highest BCUT2D eigenvalue weighted by atomic mass is 32.2. The Hall–Kier alpha value is -1.93. The maximum Gasteiger partial charge on any atom is 0.243 e. The summed E-state index contributed by atoms with van der Waals surface area (Å²) in [6.45, 7) is 8.80. The monoisotopic (exact) mass is 487 g/mol. The van der Waals surface area contributed by atoms with E-state index in [4.69, 9.17) is 0 Å². The van der Waals surface area contributed by atoms with Crippen LogP contribution >= 0.6 is 0 Å². The smallest absolute Gasteiger partial charge is 0.243 e. The Labute approximate surface area is 203 Å². The number of fused-ring (bicyclic) bond motifs is 1. The average molecular weight is 488 g/mol. The zero-order valence-electron chi connectivity index (χ0n) is 20.6. The quantitative estimate of drug-likeness (QED) is 0.653. The Morgan fingerprint density at radius 3 is 2.12 bits per heavy atom. The summed E-state index contributed by atoms with van der Waals surface area (Å²) in [5.74, 6) is 1.45. The molecule has 3 aliphatic heterocycles. The topological polar surface area (TPSA) is 78.0 Å². The number of carbonyl (C=O) groups excluding carboxylic acids is 2. The van der Waals surface area contributed by atoms with Gasteiger partial charge < -0.3 is 9.80 Å². The second-order valence-corrected chi connectivity index (χ2v) is 13.1. The molecule has 0 unspecified atom stereocenters. The molecule has 2 saturated heterocycles. The standard InChI is InChI=1S/C26H37N3O4S/c1-17-12-18(2)16-27(15-17)25(30)21-8-10-28(11-9-21)34(32,33)23-6-7-24-22(14-23)13-19(3)29(24)26(31)20-4-5-20/h6-7,14,17-21H,4-5,8-13,15-16H2,1-3H3/t17-,18-,19+/m1/s1. The fourth-order valence-electron chi connectivity index (χ4n) is 6.22. The van der Waals surface area contributed by atoms with Gasteiger partial charge in [0, 0.05) is 49.7 Å². The molecule has 8 heteroatoms. The average Bonchev–Trinajstić information content (AvgIpc) is 3.59. The molecule has 0 radical (unpaired) electrons. The number of nitrogens with zero attached hydrogens (tertiary/aromatic N) is 3. The molecule has 3 fully saturated rings. The Bertz CT molecular complexity index is 1070. The molecule has 1 aromatic rings. The fourth-order valence-corrected chi connectivity index (χ4v) is 7.74. The van der Waals surface area contributed by atoms with E-state index in [1.165, 1.54) is 4.31 Å². The molecule has 0 aromatic heterocycles. The third-order valence-electron chi connectivity index (χ3n) is 8.05. The minimum Gasteiger partial charge on any atom is -0.342 e. The van der Waals surface area contributed by atoms with Crippen molar-refractivity contribution >= 4 is 27.5 Å². The lowest BCUT2D eigenvalue weighted by molar-refractivity contribution is -0.139. The van der Waals surface area contributed by atoms with Crippen molar-refractivity contribution < 1.29 is 18.0 Å². The van der Waals surface area contributed by atoms with E-state index < -0.39 is 10.0 Å². The highest BCUT2D eigenvalue weighted by Crippen LogP contribution is 2.40. The van der Waals surface area contributed by atoms with Crippen LogP contribution in [0, 0.1) is 23.7 Å². The largest absolute Gasteiger partial charge is 0.342 e. The van der Waals surface area contributed by atoms with E-state index in [-0.39, 0.29) is 29.7 Å². The first-order chi connectivity index (χ1) is 16.1. The number of carbonyl (C=O) groups is 2. The number of likely N-dealkylation sites (tertiary alicyclic amines) is 1. The van der Waals surface area contributed by atoms with Gasteiger partial charge in [0.05, 0.1) is 4.90 Å². The number of benzene rings is 1. The number of hydrogen-bond donors (Lipinski definition) is 0. The summed E-state index contributed by atoms with van der Waals surface area (Å²) >= 11 is 0. The van der Waals surface area contributed by atoms with Crippen LogP contribution < -0.4 is 4.90 Å². The molecular weight excluding hydrogens is 450 g/mol. The van der Waals surface area contributed by atoms with Crippen molar-refractivity contribution in [2.45, 2.75) is 70.2 Å². The number of anilines is 1. The van der Waals surface area contributed by atoms with Crippen LogP contribution in [0.5, 0.6) is 0 Å². The Balaban J connectivity index is 1.25. The van der Waals surface area contributed by atoms with Gasteiger partial charge in [-0.25, -0.2) is 8.42 Å². The molecule has 1 saturated carbocycles. The van der Waals surface area contributed by atoms with Crippen LogP contribution in [0.2, 0.25) is 0 Å². The van der Waals surface area contributed by atoms with E-state index in [0.29, 0.717) is 49.1 Å². The van der Waals surface area contributed by atoms with Gasteiger partial charge in [-0.15, -0.1) is 0 Å². The van der Waals surface area contributed by atoms with Crippen molar-refractivity contribution in [3.63, 3.8) is 0 Å². The third kappa shape index (κ3) is 4.39. The van der Waals surface area contributed by atoms with E-state index in [2.05, 4.69) is 13.8 Å². The first kappa shape index (κ1) is 23.8. The van der Waals surface area contributed by atoms with Crippen molar-refractivity contribution in [1.29, 1.82) is 0 Å². The van der Waals surface area contributed by atoms with Crippen molar-refractivity contribution in [3.8, 4) is 0 Å². The maximum absolute atomic E-state index is 13.4. The van der Waals surface area contributed by atoms with Crippen LogP contribution in [0.4, 0.5) is 5.69 Å². The Morgan fingerprint density at radius 1 is 0.882 bits per heavy atom. The Morgan fingerprint density at radius 2 is 1.50 bits per heavy atom. The summed E-state index contributed by atoms with van der Waals surface area (Å²) in [6.07, 6.45) is 4.90. The number of hydrogen-bond acceptors (Lipinski definition) is 4. The molecule has 34 heavy (non-hydrogen) atoms. The summed E-state index contributed by atoms with van der Waals surface area (Å²) in [5.41, 5.74) is 1.79. The molecule has 7 nitrogen and oxygen atoms in total. The molecule has 3 atom stereocenters. The normalized spacial score (nSPS) is 28.7. The number of piperidine rings is 2. The summed E-state index contributed by atoms with van der Waals surface area (Å²) in [6, 6.07) is 5.27.